The van der Waals surface area contributed by atoms with Crippen LogP contribution in [0.2, 0.25) is 5.02 Å². The molecule has 2 aliphatic rings. The van der Waals surface area contributed by atoms with Gasteiger partial charge in [-0.2, -0.15) is 0 Å². The van der Waals surface area contributed by atoms with Crippen LogP contribution in [-0.4, -0.2) is 45.6 Å². The molecule has 11 nitrogen and oxygen atoms in total. The normalized spacial score (nSPS) is 18.6. The molecule has 0 radical (unpaired) electrons. The van der Waals surface area contributed by atoms with Gasteiger partial charge in [-0.05, 0) is 54.5 Å². The number of nitrogens with one attached hydrogen (secondary N) is 3. The molecule has 2 amide bonds. The highest BCUT2D eigenvalue weighted by Crippen LogP contribution is 2.44. The Kier molecular flexibility index (Phi) is 8.78. The van der Waals surface area contributed by atoms with Crippen molar-refractivity contribution < 1.29 is 14.3 Å². The van der Waals surface area contributed by atoms with E-state index in [1.165, 1.54) is 24.9 Å². The van der Waals surface area contributed by atoms with Gasteiger partial charge in [0.25, 0.3) is 11.5 Å². The van der Waals surface area contributed by atoms with Crippen molar-refractivity contribution in [3.8, 4) is 28.3 Å². The molecule has 244 valence electrons. The summed E-state index contributed by atoms with van der Waals surface area (Å²) in [6, 6.07) is 13.5. The first-order valence-corrected chi connectivity index (χ1v) is 15.9. The van der Waals surface area contributed by atoms with Crippen LogP contribution in [0.5, 0.6) is 5.88 Å². The predicted molar refractivity (Wildman–Crippen MR) is 181 cm³/mol. The number of aromatic nitrogens is 3. The fraction of sp³-hybridized carbons (Fsp3) is 0.343. The lowest BCUT2D eigenvalue weighted by Gasteiger charge is -2.22. The van der Waals surface area contributed by atoms with E-state index in [0.717, 1.165) is 50.8 Å². The van der Waals surface area contributed by atoms with Gasteiger partial charge in [0, 0.05) is 67.7 Å². The maximum atomic E-state index is 13.2. The number of fused-ring (bicyclic) bond motifs is 1. The molecule has 6 rings (SSSR count). The lowest BCUT2D eigenvalue weighted by molar-refractivity contribution is -0.119. The van der Waals surface area contributed by atoms with Crippen molar-refractivity contribution in [1.82, 2.24) is 24.8 Å². The van der Waals surface area contributed by atoms with Crippen LogP contribution >= 0.6 is 11.6 Å². The van der Waals surface area contributed by atoms with Crippen molar-refractivity contribution in [2.45, 2.75) is 45.2 Å². The van der Waals surface area contributed by atoms with Crippen molar-refractivity contribution >= 4 is 29.1 Å². The zero-order valence-corrected chi connectivity index (χ0v) is 27.7. The van der Waals surface area contributed by atoms with Gasteiger partial charge in [-0.15, -0.1) is 0 Å². The van der Waals surface area contributed by atoms with Gasteiger partial charge in [0.1, 0.15) is 5.56 Å². The number of carbonyl (C=O) groups is 2. The lowest BCUT2D eigenvalue weighted by atomic mass is 9.96. The summed E-state index contributed by atoms with van der Waals surface area (Å²) in [6.45, 7) is 4.75. The second kappa shape index (κ2) is 12.8. The van der Waals surface area contributed by atoms with Gasteiger partial charge in [-0.25, -0.2) is 9.78 Å². The summed E-state index contributed by atoms with van der Waals surface area (Å²) in [5.41, 5.74) is 5.08. The predicted octanol–water partition coefficient (Wildman–Crippen LogP) is 4.14. The second-order valence-electron chi connectivity index (χ2n) is 12.4. The van der Waals surface area contributed by atoms with Crippen LogP contribution in [0.15, 0.2) is 58.3 Å². The number of amides is 2. The molecular formula is C35H37ClN6O5. The summed E-state index contributed by atoms with van der Waals surface area (Å²) in [7, 11) is 4.44. The number of halogens is 1. The maximum absolute atomic E-state index is 13.2. The topological polar surface area (TPSA) is 136 Å². The number of pyridine rings is 1. The third kappa shape index (κ3) is 5.96. The van der Waals surface area contributed by atoms with Crippen LogP contribution in [0.3, 0.4) is 0 Å². The summed E-state index contributed by atoms with van der Waals surface area (Å²) < 4.78 is 7.93. The van der Waals surface area contributed by atoms with Crippen LogP contribution < -0.4 is 31.9 Å². The Morgan fingerprint density at radius 2 is 1.83 bits per heavy atom. The first-order valence-electron chi connectivity index (χ1n) is 15.6. The Bertz CT molecular complexity index is 2040. The SMILES string of the molecule is COc1nc(-c2cccc(-c3cccc(NC(=O)c4cn(C)c(=O)n(C)c4=O)c3C)c2Cl)cc2c1[C@@H](NC[C@@H]1CCC(=O)N1)[C@@H](C)C2. The fourth-order valence-electron chi connectivity index (χ4n) is 6.68. The molecule has 3 atom stereocenters. The van der Waals surface area contributed by atoms with Gasteiger partial charge in [-0.1, -0.05) is 48.9 Å². The number of ether oxygens (including phenoxy) is 1. The van der Waals surface area contributed by atoms with E-state index in [1.807, 2.05) is 37.3 Å². The first kappa shape index (κ1) is 32.2. The minimum atomic E-state index is -0.675. The zero-order chi connectivity index (χ0) is 33.6. The minimum absolute atomic E-state index is 0.0439. The molecule has 1 fully saturated rings. The third-order valence-electron chi connectivity index (χ3n) is 9.23. The van der Waals surface area contributed by atoms with E-state index in [2.05, 4.69) is 28.9 Å². The average molecular weight is 657 g/mol. The van der Waals surface area contributed by atoms with Gasteiger partial charge in [0.05, 0.1) is 17.8 Å². The van der Waals surface area contributed by atoms with E-state index in [0.29, 0.717) is 41.2 Å². The first-order chi connectivity index (χ1) is 22.5. The van der Waals surface area contributed by atoms with E-state index < -0.39 is 17.2 Å². The smallest absolute Gasteiger partial charge is 0.330 e. The number of nitrogens with zero attached hydrogens (tertiary/aromatic N) is 3. The van der Waals surface area contributed by atoms with E-state index in [-0.39, 0.29) is 23.6 Å². The monoisotopic (exact) mass is 656 g/mol. The standard InChI is InChI=1S/C35H37ClN6O5/c1-18-14-20-15-27(40-33(47-5)29(20)31(18)37-16-21-12-13-28(43)38-21)24-10-6-9-23(30(24)36)22-8-7-11-26(19(22)2)39-32(44)25-17-41(3)35(46)42(4)34(25)45/h6-11,15,17-18,21,31,37H,12-14,16H2,1-5H3,(H,38,43)(H,39,44)/t18-,21-,31-/m0/s1. The highest BCUT2D eigenvalue weighted by atomic mass is 35.5. The van der Waals surface area contributed by atoms with Crippen molar-refractivity contribution in [2.75, 3.05) is 19.0 Å². The van der Waals surface area contributed by atoms with E-state index in [4.69, 9.17) is 21.3 Å². The Morgan fingerprint density at radius 1 is 1.11 bits per heavy atom. The molecule has 12 heteroatoms. The van der Waals surface area contributed by atoms with Gasteiger partial charge in [0.15, 0.2) is 0 Å². The van der Waals surface area contributed by atoms with Gasteiger partial charge < -0.3 is 25.3 Å². The highest BCUT2D eigenvalue weighted by Gasteiger charge is 2.35. The fourth-order valence-corrected chi connectivity index (χ4v) is 7.01. The molecular weight excluding hydrogens is 620 g/mol. The summed E-state index contributed by atoms with van der Waals surface area (Å²) in [6.07, 6.45) is 3.47. The Balaban J connectivity index is 1.31. The van der Waals surface area contributed by atoms with Crippen LogP contribution in [0.1, 0.15) is 52.9 Å². The number of hydrogen-bond acceptors (Lipinski definition) is 7. The molecule has 3 heterocycles. The number of methoxy groups -OCH3 is 1. The molecule has 1 saturated heterocycles. The van der Waals surface area contributed by atoms with Crippen molar-refractivity contribution in [2.24, 2.45) is 20.0 Å². The molecule has 0 unspecified atom stereocenters. The maximum Gasteiger partial charge on any atom is 0.330 e. The summed E-state index contributed by atoms with van der Waals surface area (Å²) >= 11 is 7.12. The second-order valence-corrected chi connectivity index (χ2v) is 12.7. The van der Waals surface area contributed by atoms with Crippen molar-refractivity contribution in [3.63, 3.8) is 0 Å². The number of benzene rings is 2. The molecule has 0 bridgehead atoms. The minimum Gasteiger partial charge on any atom is -0.481 e. The summed E-state index contributed by atoms with van der Waals surface area (Å²) in [4.78, 5) is 54.5. The summed E-state index contributed by atoms with van der Waals surface area (Å²) in [5.74, 6) is 0.323. The average Bonchev–Trinajstić information content (AvgIpc) is 3.62. The Hall–Kier alpha value is -4.74. The Morgan fingerprint density at radius 3 is 2.55 bits per heavy atom. The van der Waals surface area contributed by atoms with Crippen LogP contribution in [0, 0.1) is 12.8 Å². The molecule has 2 aromatic carbocycles. The number of carbonyl (C=O) groups excluding carboxylic acids is 2. The third-order valence-corrected chi connectivity index (χ3v) is 9.64. The molecule has 2 aromatic heterocycles. The van der Waals surface area contributed by atoms with Gasteiger partial charge >= 0.3 is 5.69 Å². The van der Waals surface area contributed by atoms with Crippen molar-refractivity contribution in [3.05, 3.63) is 96.8 Å². The van der Waals surface area contributed by atoms with Crippen LogP contribution in [0.4, 0.5) is 5.69 Å². The molecule has 0 saturated carbocycles. The zero-order valence-electron chi connectivity index (χ0n) is 26.9. The molecule has 3 N–H and O–H groups in total. The van der Waals surface area contributed by atoms with Gasteiger partial charge in [-0.3, -0.25) is 19.0 Å². The largest absolute Gasteiger partial charge is 0.481 e. The number of hydrogen-bond donors (Lipinski definition) is 3. The van der Waals surface area contributed by atoms with Crippen molar-refractivity contribution in [1.29, 1.82) is 0 Å². The quantitative estimate of drug-likeness (QED) is 0.259. The summed E-state index contributed by atoms with van der Waals surface area (Å²) in [5, 5.41) is 10.0. The van der Waals surface area contributed by atoms with E-state index in [1.54, 1.807) is 13.2 Å². The number of rotatable bonds is 8. The lowest BCUT2D eigenvalue weighted by Crippen LogP contribution is -2.40. The van der Waals surface area contributed by atoms with E-state index >= 15 is 0 Å². The van der Waals surface area contributed by atoms with Crippen LogP contribution in [-0.2, 0) is 25.3 Å². The molecule has 1 aliphatic carbocycles. The van der Waals surface area contributed by atoms with Crippen LogP contribution in [0.25, 0.3) is 22.4 Å². The van der Waals surface area contributed by atoms with E-state index in [9.17, 15) is 19.2 Å². The molecule has 0 spiro atoms. The van der Waals surface area contributed by atoms with Gasteiger partial charge in [0.2, 0.25) is 11.8 Å². The highest BCUT2D eigenvalue weighted by molar-refractivity contribution is 6.36. The number of aryl methyl sites for hydroxylation is 1. The molecule has 47 heavy (non-hydrogen) atoms. The molecule has 4 aromatic rings. The number of anilines is 1. The Labute approximate surface area is 276 Å². The molecule has 1 aliphatic heterocycles.